The van der Waals surface area contributed by atoms with Gasteiger partial charge in [0, 0.05) is 16.7 Å². The van der Waals surface area contributed by atoms with Gasteiger partial charge in [0.05, 0.1) is 5.56 Å². The lowest BCUT2D eigenvalue weighted by molar-refractivity contribution is -0.00692. The molecular formula is C21H13F6NO. The number of alkyl halides is 1. The molecule has 0 aromatic heterocycles. The van der Waals surface area contributed by atoms with Crippen molar-refractivity contribution in [3.8, 4) is 22.9 Å². The molecule has 29 heavy (non-hydrogen) atoms. The van der Waals surface area contributed by atoms with Gasteiger partial charge in [0.2, 0.25) is 0 Å². The van der Waals surface area contributed by atoms with E-state index in [9.17, 15) is 26.5 Å². The molecule has 0 amide bonds. The van der Waals surface area contributed by atoms with Crippen molar-refractivity contribution < 1.29 is 31.4 Å². The molecule has 150 valence electrons. The molecule has 0 aliphatic heterocycles. The van der Waals surface area contributed by atoms with Crippen molar-refractivity contribution in [2.24, 2.45) is 0 Å². The first-order valence-electron chi connectivity index (χ1n) is 8.09. The molecule has 0 atom stereocenters. The van der Waals surface area contributed by atoms with Crippen LogP contribution in [0.15, 0.2) is 48.5 Å². The normalized spacial score (nSPS) is 10.0. The zero-order chi connectivity index (χ0) is 21.6. The molecule has 0 spiro atoms. The van der Waals surface area contributed by atoms with Gasteiger partial charge in [0.15, 0.2) is 5.75 Å². The summed E-state index contributed by atoms with van der Waals surface area (Å²) in [6.45, 7) is 0.795. The molecule has 8 heteroatoms. The lowest BCUT2D eigenvalue weighted by Crippen LogP contribution is -1.94. The monoisotopic (exact) mass is 409 g/mol. The Balaban J connectivity index is 0.000000221. The van der Waals surface area contributed by atoms with Crippen LogP contribution in [0.25, 0.3) is 11.1 Å². The fourth-order valence-corrected chi connectivity index (χ4v) is 2.34. The van der Waals surface area contributed by atoms with Crippen LogP contribution >= 0.6 is 0 Å². The van der Waals surface area contributed by atoms with Gasteiger partial charge in [-0.1, -0.05) is 29.8 Å². The number of hydrogen-bond acceptors (Lipinski definition) is 2. The zero-order valence-electron chi connectivity index (χ0n) is 14.9. The van der Waals surface area contributed by atoms with Crippen LogP contribution in [0.4, 0.5) is 26.5 Å². The summed E-state index contributed by atoms with van der Waals surface area (Å²) >= 11 is 0. The zero-order valence-corrected chi connectivity index (χ0v) is 14.9. The standard InChI is InChI=1S/C14H11F3.C7H2F3NO/c1-9-2-4-10(5-3-9)11-6-13(16)12(8-15)14(17)7-11;8-6-1-4(12-10)2-7(9)5(6)3-11/h2-7H,8H2,1H3;1-2H. The number of nitriles is 1. The Bertz CT molecular complexity index is 998. The molecule has 3 rings (SSSR count). The summed E-state index contributed by atoms with van der Waals surface area (Å²) in [5, 5.41) is 8.20. The molecule has 0 N–H and O–H groups in total. The second-order valence-electron chi connectivity index (χ2n) is 5.87. The topological polar surface area (TPSA) is 33.0 Å². The quantitative estimate of drug-likeness (QED) is 0.462. The summed E-state index contributed by atoms with van der Waals surface area (Å²) in [4.78, 5) is 3.09. The fourth-order valence-electron chi connectivity index (χ4n) is 2.34. The van der Waals surface area contributed by atoms with Crippen molar-refractivity contribution in [2.75, 3.05) is 0 Å². The minimum atomic E-state index is -1.15. The van der Waals surface area contributed by atoms with Crippen LogP contribution in [0.3, 0.4) is 0 Å². The third-order valence-electron chi connectivity index (χ3n) is 3.88. The van der Waals surface area contributed by atoms with Crippen LogP contribution in [0.2, 0.25) is 0 Å². The van der Waals surface area contributed by atoms with Crippen LogP contribution in [-0.2, 0) is 6.67 Å². The number of aryl methyl sites for hydroxylation is 1. The first-order chi connectivity index (χ1) is 13.8. The number of nitrogens with zero attached hydrogens (tertiary/aromatic N) is 1. The molecule has 0 aliphatic carbocycles. The second kappa shape index (κ2) is 9.64. The summed E-state index contributed by atoms with van der Waals surface area (Å²) in [6.07, 6.45) is 0. The summed E-state index contributed by atoms with van der Waals surface area (Å²) < 4.78 is 75.7. The van der Waals surface area contributed by atoms with E-state index >= 15 is 0 Å². The van der Waals surface area contributed by atoms with Crippen molar-refractivity contribution in [3.63, 3.8) is 0 Å². The van der Waals surface area contributed by atoms with Gasteiger partial charge in [-0.3, -0.25) is 4.94 Å². The molecule has 2 nitrogen and oxygen atoms in total. The highest BCUT2D eigenvalue weighted by Crippen LogP contribution is 2.25. The molecule has 0 radical (unpaired) electrons. The summed E-state index contributed by atoms with van der Waals surface area (Å²) in [7, 11) is 0. The molecule has 0 saturated carbocycles. The van der Waals surface area contributed by atoms with Crippen molar-refractivity contribution in [2.45, 2.75) is 13.6 Å². The van der Waals surface area contributed by atoms with E-state index in [0.717, 1.165) is 17.7 Å². The maximum Gasteiger partial charge on any atom is 0.177 e. The van der Waals surface area contributed by atoms with Crippen molar-refractivity contribution in [3.05, 3.63) is 88.5 Å². The van der Waals surface area contributed by atoms with E-state index < -0.39 is 46.8 Å². The maximum atomic E-state index is 13.4. The lowest BCUT2D eigenvalue weighted by Gasteiger charge is -2.06. The van der Waals surface area contributed by atoms with E-state index in [1.807, 2.05) is 19.1 Å². The van der Waals surface area contributed by atoms with Crippen LogP contribution in [-0.4, -0.2) is 0 Å². The molecule has 0 unspecified atom stereocenters. The number of hydrogen-bond donors (Lipinski definition) is 0. The van der Waals surface area contributed by atoms with E-state index in [4.69, 9.17) is 5.26 Å². The van der Waals surface area contributed by atoms with Gasteiger partial charge in [-0.25, -0.2) is 22.0 Å². The highest BCUT2D eigenvalue weighted by atomic mass is 19.3. The summed E-state index contributed by atoms with van der Waals surface area (Å²) in [5.41, 5.74) is 0.919. The average Bonchev–Trinajstić information content (AvgIpc) is 2.68. The lowest BCUT2D eigenvalue weighted by atomic mass is 10.0. The van der Waals surface area contributed by atoms with Gasteiger partial charge >= 0.3 is 0 Å². The molecule has 3 aromatic carbocycles. The van der Waals surface area contributed by atoms with E-state index in [2.05, 4.69) is 4.94 Å². The highest BCUT2D eigenvalue weighted by Gasteiger charge is 2.12. The molecule has 0 fully saturated rings. The summed E-state index contributed by atoms with van der Waals surface area (Å²) in [6, 6.07) is 12.0. The third-order valence-corrected chi connectivity index (χ3v) is 3.88. The summed E-state index contributed by atoms with van der Waals surface area (Å²) in [5.74, 6) is -4.59. The second-order valence-corrected chi connectivity index (χ2v) is 5.87. The van der Waals surface area contributed by atoms with Crippen molar-refractivity contribution >= 4 is 0 Å². The Hall–Kier alpha value is -3.47. The smallest absolute Gasteiger partial charge is 0.177 e. The Morgan fingerprint density at radius 1 is 0.828 bits per heavy atom. The molecule has 0 heterocycles. The van der Waals surface area contributed by atoms with E-state index in [0.29, 0.717) is 23.3 Å². The Morgan fingerprint density at radius 3 is 1.76 bits per heavy atom. The maximum absolute atomic E-state index is 13.4. The Kier molecular flexibility index (Phi) is 7.26. The van der Waals surface area contributed by atoms with Crippen LogP contribution in [0.1, 0.15) is 16.7 Å². The van der Waals surface area contributed by atoms with Crippen LogP contribution in [0.5, 0.6) is 5.75 Å². The minimum absolute atomic E-state index is 0.414. The van der Waals surface area contributed by atoms with Crippen LogP contribution < -0.4 is 4.94 Å². The van der Waals surface area contributed by atoms with Gasteiger partial charge in [0.25, 0.3) is 0 Å². The van der Waals surface area contributed by atoms with Gasteiger partial charge in [0.1, 0.15) is 41.6 Å². The first-order valence-corrected chi connectivity index (χ1v) is 8.09. The number of halogens is 6. The van der Waals surface area contributed by atoms with Gasteiger partial charge in [-0.15, -0.1) is 0 Å². The number of rotatable bonds is 3. The number of benzene rings is 3. The SMILES string of the molecule is Cc1ccc(-c2cc(F)c(CF)c(F)c2)cc1.N#Cc1c(F)cc(OF)cc1F. The van der Waals surface area contributed by atoms with Gasteiger partial charge in [-0.05, 0) is 30.2 Å². The average molecular weight is 409 g/mol. The predicted molar refractivity (Wildman–Crippen MR) is 94.2 cm³/mol. The molecule has 0 aliphatic rings. The van der Waals surface area contributed by atoms with Gasteiger partial charge < -0.3 is 0 Å². The van der Waals surface area contributed by atoms with E-state index in [1.54, 1.807) is 12.1 Å². The third kappa shape index (κ3) is 5.29. The molecule has 0 saturated heterocycles. The minimum Gasteiger partial charge on any atom is -0.294 e. The van der Waals surface area contributed by atoms with E-state index in [-0.39, 0.29) is 0 Å². The highest BCUT2D eigenvalue weighted by molar-refractivity contribution is 5.64. The van der Waals surface area contributed by atoms with Crippen LogP contribution in [0, 0.1) is 41.5 Å². The Morgan fingerprint density at radius 2 is 1.34 bits per heavy atom. The largest absolute Gasteiger partial charge is 0.294 e. The van der Waals surface area contributed by atoms with E-state index in [1.165, 1.54) is 6.07 Å². The van der Waals surface area contributed by atoms with Gasteiger partial charge in [-0.2, -0.15) is 5.26 Å². The predicted octanol–water partition coefficient (Wildman–Crippen LogP) is 6.51. The van der Waals surface area contributed by atoms with Crippen molar-refractivity contribution in [1.29, 1.82) is 5.26 Å². The Labute approximate surface area is 162 Å². The van der Waals surface area contributed by atoms with Crippen molar-refractivity contribution in [1.82, 2.24) is 0 Å². The first kappa shape index (κ1) is 21.8. The fraction of sp³-hybridized carbons (Fsp3) is 0.0952. The molecular weight excluding hydrogens is 396 g/mol. The molecule has 0 bridgehead atoms. The molecule has 3 aromatic rings.